The highest BCUT2D eigenvalue weighted by atomic mass is 79.9. The van der Waals surface area contributed by atoms with Gasteiger partial charge >= 0.3 is 0 Å². The van der Waals surface area contributed by atoms with Crippen molar-refractivity contribution in [3.63, 3.8) is 0 Å². The van der Waals surface area contributed by atoms with E-state index in [2.05, 4.69) is 31.6 Å². The smallest absolute Gasteiger partial charge is 0.132 e. The fraction of sp³-hybridized carbons (Fsp3) is 0.273. The van der Waals surface area contributed by atoms with Crippen molar-refractivity contribution in [1.82, 2.24) is 20.3 Å². The van der Waals surface area contributed by atoms with E-state index in [1.807, 2.05) is 0 Å². The van der Waals surface area contributed by atoms with E-state index in [4.69, 9.17) is 0 Å². The van der Waals surface area contributed by atoms with Gasteiger partial charge < -0.3 is 5.32 Å². The maximum atomic E-state index is 13.9. The van der Waals surface area contributed by atoms with Gasteiger partial charge in [-0.2, -0.15) is 0 Å². The molecule has 0 aliphatic heterocycles. The predicted molar refractivity (Wildman–Crippen MR) is 66.0 cm³/mol. The number of aryl methyl sites for hydroxylation is 1. The second kappa shape index (κ2) is 5.11. The Labute approximate surface area is 111 Å². The van der Waals surface area contributed by atoms with Gasteiger partial charge in [0.1, 0.15) is 11.6 Å². The quantitative estimate of drug-likeness (QED) is 0.943. The van der Waals surface area contributed by atoms with E-state index < -0.39 is 17.7 Å². The number of aromatic nitrogens is 3. The lowest BCUT2D eigenvalue weighted by Crippen LogP contribution is -2.23. The van der Waals surface area contributed by atoms with E-state index in [0.717, 1.165) is 0 Å². The number of benzene rings is 1. The summed E-state index contributed by atoms with van der Waals surface area (Å²) >= 11 is 3.05. The second-order valence-corrected chi connectivity index (χ2v) is 4.70. The van der Waals surface area contributed by atoms with Gasteiger partial charge in [0, 0.05) is 17.1 Å². The van der Waals surface area contributed by atoms with Crippen molar-refractivity contribution in [3.05, 3.63) is 45.7 Å². The van der Waals surface area contributed by atoms with Gasteiger partial charge in [-0.15, -0.1) is 5.10 Å². The van der Waals surface area contributed by atoms with E-state index in [0.29, 0.717) is 10.2 Å². The Morgan fingerprint density at radius 3 is 2.39 bits per heavy atom. The van der Waals surface area contributed by atoms with E-state index in [-0.39, 0.29) is 5.56 Å². The zero-order valence-electron chi connectivity index (χ0n) is 9.78. The molecule has 1 N–H and O–H groups in total. The Bertz CT molecular complexity index is 547. The van der Waals surface area contributed by atoms with Gasteiger partial charge in [-0.05, 0) is 19.2 Å². The van der Waals surface area contributed by atoms with Gasteiger partial charge in [-0.3, -0.25) is 4.68 Å². The Hall–Kier alpha value is -1.34. The lowest BCUT2D eigenvalue weighted by atomic mass is 10.0. The first-order chi connectivity index (χ1) is 8.54. The molecule has 0 bridgehead atoms. The number of rotatable bonds is 3. The van der Waals surface area contributed by atoms with Crippen LogP contribution in [-0.2, 0) is 7.05 Å². The zero-order valence-corrected chi connectivity index (χ0v) is 11.4. The minimum Gasteiger partial charge on any atom is -0.308 e. The highest BCUT2D eigenvalue weighted by Crippen LogP contribution is 2.28. The molecule has 0 aliphatic carbocycles. The molecule has 96 valence electrons. The van der Waals surface area contributed by atoms with E-state index in [9.17, 15) is 8.78 Å². The Morgan fingerprint density at radius 2 is 1.94 bits per heavy atom. The van der Waals surface area contributed by atoms with Crippen LogP contribution in [-0.4, -0.2) is 22.0 Å². The van der Waals surface area contributed by atoms with Crippen molar-refractivity contribution in [2.75, 3.05) is 7.05 Å². The van der Waals surface area contributed by atoms with Crippen LogP contribution in [0.2, 0.25) is 0 Å². The van der Waals surface area contributed by atoms with Gasteiger partial charge in [0.2, 0.25) is 0 Å². The highest BCUT2D eigenvalue weighted by Gasteiger charge is 2.23. The van der Waals surface area contributed by atoms with E-state index in [1.54, 1.807) is 14.1 Å². The summed E-state index contributed by atoms with van der Waals surface area (Å²) in [5, 5.41) is 10.3. The zero-order chi connectivity index (χ0) is 13.3. The Morgan fingerprint density at radius 1 is 1.33 bits per heavy atom. The van der Waals surface area contributed by atoms with Crippen LogP contribution in [0.5, 0.6) is 0 Å². The SMILES string of the molecule is CNC(c1c(F)cc(Br)cc1F)c1cnnn1C. The monoisotopic (exact) mass is 316 g/mol. The Kier molecular flexibility index (Phi) is 3.72. The summed E-state index contributed by atoms with van der Waals surface area (Å²) in [4.78, 5) is 0. The molecule has 0 radical (unpaired) electrons. The third kappa shape index (κ3) is 2.28. The normalized spacial score (nSPS) is 12.7. The summed E-state index contributed by atoms with van der Waals surface area (Å²) in [5.74, 6) is -1.25. The third-order valence-electron chi connectivity index (χ3n) is 2.67. The van der Waals surface area contributed by atoms with Crippen molar-refractivity contribution in [2.24, 2.45) is 7.05 Å². The molecule has 2 rings (SSSR count). The molecule has 4 nitrogen and oxygen atoms in total. The molecule has 18 heavy (non-hydrogen) atoms. The minimum atomic E-state index is -0.641. The highest BCUT2D eigenvalue weighted by molar-refractivity contribution is 9.10. The first-order valence-electron chi connectivity index (χ1n) is 5.21. The van der Waals surface area contributed by atoms with Crippen LogP contribution in [0.4, 0.5) is 8.78 Å². The minimum absolute atomic E-state index is 0.0499. The average molecular weight is 317 g/mol. The molecule has 1 unspecified atom stereocenters. The van der Waals surface area contributed by atoms with Crippen molar-refractivity contribution < 1.29 is 8.78 Å². The second-order valence-electron chi connectivity index (χ2n) is 3.79. The number of halogens is 3. The topological polar surface area (TPSA) is 42.7 Å². The molecule has 1 heterocycles. The van der Waals surface area contributed by atoms with Crippen molar-refractivity contribution in [1.29, 1.82) is 0 Å². The van der Waals surface area contributed by atoms with E-state index >= 15 is 0 Å². The fourth-order valence-electron chi connectivity index (χ4n) is 1.83. The largest absolute Gasteiger partial charge is 0.308 e. The number of nitrogens with zero attached hydrogens (tertiary/aromatic N) is 3. The molecule has 0 saturated heterocycles. The van der Waals surface area contributed by atoms with Gasteiger partial charge in [0.05, 0.1) is 17.9 Å². The molecular formula is C11H11BrF2N4. The summed E-state index contributed by atoms with van der Waals surface area (Å²) < 4.78 is 29.7. The lowest BCUT2D eigenvalue weighted by Gasteiger charge is -2.18. The van der Waals surface area contributed by atoms with Crippen LogP contribution in [0, 0.1) is 11.6 Å². The van der Waals surface area contributed by atoms with Crippen LogP contribution in [0.1, 0.15) is 17.3 Å². The molecule has 0 fully saturated rings. The van der Waals surface area contributed by atoms with Crippen LogP contribution >= 0.6 is 15.9 Å². The maximum Gasteiger partial charge on any atom is 0.132 e. The molecule has 0 spiro atoms. The maximum absolute atomic E-state index is 13.9. The van der Waals surface area contributed by atoms with Gasteiger partial charge in [0.25, 0.3) is 0 Å². The fourth-order valence-corrected chi connectivity index (χ4v) is 2.23. The summed E-state index contributed by atoms with van der Waals surface area (Å²) in [6.07, 6.45) is 1.47. The lowest BCUT2D eigenvalue weighted by molar-refractivity contribution is 0.505. The van der Waals surface area contributed by atoms with Crippen LogP contribution in [0.3, 0.4) is 0 Å². The molecule has 0 saturated carbocycles. The van der Waals surface area contributed by atoms with Crippen molar-refractivity contribution in [2.45, 2.75) is 6.04 Å². The number of hydrogen-bond donors (Lipinski definition) is 1. The number of nitrogens with one attached hydrogen (secondary N) is 1. The van der Waals surface area contributed by atoms with Crippen LogP contribution in [0.15, 0.2) is 22.8 Å². The van der Waals surface area contributed by atoms with Crippen LogP contribution in [0.25, 0.3) is 0 Å². The molecule has 7 heteroatoms. The van der Waals surface area contributed by atoms with Crippen molar-refractivity contribution in [3.8, 4) is 0 Å². The summed E-state index contributed by atoms with van der Waals surface area (Å²) in [7, 11) is 3.29. The standard InChI is InChI=1S/C11H11BrF2N4/c1-15-11(9-5-16-17-18(9)2)10-7(13)3-6(12)4-8(10)14/h3-5,11,15H,1-2H3. The molecule has 0 aliphatic rings. The molecule has 0 amide bonds. The van der Waals surface area contributed by atoms with Gasteiger partial charge in [-0.1, -0.05) is 21.1 Å². The molecule has 2 aromatic rings. The molecule has 1 atom stereocenters. The molecule has 1 aromatic carbocycles. The van der Waals surface area contributed by atoms with E-state index in [1.165, 1.54) is 23.0 Å². The summed E-state index contributed by atoms with van der Waals surface area (Å²) in [5.41, 5.74) is 0.531. The Balaban J connectivity index is 2.56. The van der Waals surface area contributed by atoms with Gasteiger partial charge in [0.15, 0.2) is 0 Å². The first-order valence-corrected chi connectivity index (χ1v) is 6.00. The average Bonchev–Trinajstić information content (AvgIpc) is 2.69. The first kappa shape index (κ1) is 13.1. The molecular weight excluding hydrogens is 306 g/mol. The summed E-state index contributed by atoms with van der Waals surface area (Å²) in [6, 6.07) is 1.82. The predicted octanol–water partition coefficient (Wildman–Crippen LogP) is 2.16. The van der Waals surface area contributed by atoms with Crippen molar-refractivity contribution >= 4 is 15.9 Å². The van der Waals surface area contributed by atoms with Gasteiger partial charge in [-0.25, -0.2) is 8.78 Å². The summed E-state index contributed by atoms with van der Waals surface area (Å²) in [6.45, 7) is 0. The van der Waals surface area contributed by atoms with Crippen LogP contribution < -0.4 is 5.32 Å². The molecule has 1 aromatic heterocycles. The number of hydrogen-bond acceptors (Lipinski definition) is 3. The third-order valence-corrected chi connectivity index (χ3v) is 3.12.